The molecule has 1 aromatic carbocycles. The molecular weight excluding hydrogens is 256 g/mol. The summed E-state index contributed by atoms with van der Waals surface area (Å²) < 4.78 is 10.7. The number of nitrogens with two attached hydrogens (primary N) is 1. The highest BCUT2D eigenvalue weighted by atomic mass is 16.5. The fourth-order valence-electron chi connectivity index (χ4n) is 2.76. The number of ether oxygens (including phenoxy) is 2. The molecule has 1 amide bonds. The van der Waals surface area contributed by atoms with Crippen LogP contribution in [0.1, 0.15) is 25.7 Å². The van der Waals surface area contributed by atoms with Crippen molar-refractivity contribution in [2.45, 2.75) is 37.3 Å². The first-order chi connectivity index (χ1) is 9.61. The second kappa shape index (κ2) is 6.13. The van der Waals surface area contributed by atoms with Gasteiger partial charge in [0.25, 0.3) is 0 Å². The van der Waals surface area contributed by atoms with E-state index in [2.05, 4.69) is 5.32 Å². The van der Waals surface area contributed by atoms with Crippen LogP contribution >= 0.6 is 0 Å². The summed E-state index contributed by atoms with van der Waals surface area (Å²) in [6, 6.07) is 7.55. The van der Waals surface area contributed by atoms with Gasteiger partial charge in [-0.1, -0.05) is 12.1 Å². The zero-order chi connectivity index (χ0) is 14.6. The van der Waals surface area contributed by atoms with Crippen LogP contribution in [0.3, 0.4) is 0 Å². The number of hydrogen-bond donors (Lipinski definition) is 2. The number of para-hydroxylation sites is 2. The molecule has 1 fully saturated rings. The first-order valence-electron chi connectivity index (χ1n) is 6.85. The molecule has 1 aliphatic carbocycles. The highest BCUT2D eigenvalue weighted by Gasteiger charge is 2.40. The summed E-state index contributed by atoms with van der Waals surface area (Å²) in [5.41, 5.74) is 5.72. The largest absolute Gasteiger partial charge is 0.495 e. The molecule has 1 saturated carbocycles. The number of carbonyl (C=O) groups excluding carboxylic acids is 1. The van der Waals surface area contributed by atoms with Crippen LogP contribution in [0.5, 0.6) is 5.75 Å². The maximum atomic E-state index is 12.0. The number of methoxy groups -OCH3 is 2. The normalized spacial score (nSPS) is 26.0. The number of rotatable bonds is 5. The number of primary amides is 1. The summed E-state index contributed by atoms with van der Waals surface area (Å²) >= 11 is 0. The van der Waals surface area contributed by atoms with E-state index in [0.29, 0.717) is 18.6 Å². The Morgan fingerprint density at radius 1 is 1.30 bits per heavy atom. The standard InChI is InChI=1S/C15H22N2O3/c1-19-11-7-9-15(10-8-11,14(16)18)17-12-5-3-4-6-13(12)20-2/h3-6,11,17H,7-10H2,1-2H3,(H2,16,18). The molecule has 0 aromatic heterocycles. The fraction of sp³-hybridized carbons (Fsp3) is 0.533. The maximum absolute atomic E-state index is 12.0. The van der Waals surface area contributed by atoms with Gasteiger partial charge in [-0.3, -0.25) is 4.79 Å². The Balaban J connectivity index is 2.20. The van der Waals surface area contributed by atoms with Gasteiger partial charge in [0.2, 0.25) is 5.91 Å². The lowest BCUT2D eigenvalue weighted by atomic mass is 9.79. The second-order valence-corrected chi connectivity index (χ2v) is 5.21. The summed E-state index contributed by atoms with van der Waals surface area (Å²) in [5, 5.41) is 3.30. The van der Waals surface area contributed by atoms with E-state index in [9.17, 15) is 4.79 Å². The predicted octanol–water partition coefficient (Wildman–Crippen LogP) is 1.92. The topological polar surface area (TPSA) is 73.6 Å². The van der Waals surface area contributed by atoms with Crippen LogP contribution in [-0.4, -0.2) is 31.8 Å². The van der Waals surface area contributed by atoms with Gasteiger partial charge in [-0.05, 0) is 37.8 Å². The minimum absolute atomic E-state index is 0.210. The van der Waals surface area contributed by atoms with E-state index < -0.39 is 5.54 Å². The lowest BCUT2D eigenvalue weighted by Gasteiger charge is -2.38. The number of nitrogens with one attached hydrogen (secondary N) is 1. The van der Waals surface area contributed by atoms with Crippen LogP contribution in [0.4, 0.5) is 5.69 Å². The molecule has 0 heterocycles. The minimum Gasteiger partial charge on any atom is -0.495 e. The Hall–Kier alpha value is -1.75. The number of amides is 1. The number of hydrogen-bond acceptors (Lipinski definition) is 4. The molecule has 0 saturated heterocycles. The third-order valence-electron chi connectivity index (χ3n) is 4.07. The van der Waals surface area contributed by atoms with Gasteiger partial charge in [0.05, 0.1) is 18.9 Å². The Kier molecular flexibility index (Phi) is 4.49. The molecule has 0 bridgehead atoms. The quantitative estimate of drug-likeness (QED) is 0.863. The van der Waals surface area contributed by atoms with E-state index in [4.69, 9.17) is 15.2 Å². The fourth-order valence-corrected chi connectivity index (χ4v) is 2.76. The van der Waals surface area contributed by atoms with Gasteiger partial charge in [0.15, 0.2) is 0 Å². The van der Waals surface area contributed by atoms with Crippen molar-refractivity contribution in [2.75, 3.05) is 19.5 Å². The van der Waals surface area contributed by atoms with Gasteiger partial charge in [-0.25, -0.2) is 0 Å². The van der Waals surface area contributed by atoms with Crippen molar-refractivity contribution < 1.29 is 14.3 Å². The van der Waals surface area contributed by atoms with Crippen molar-refractivity contribution in [1.29, 1.82) is 0 Å². The molecule has 2 rings (SSSR count). The van der Waals surface area contributed by atoms with Crippen molar-refractivity contribution in [3.05, 3.63) is 24.3 Å². The van der Waals surface area contributed by atoms with Gasteiger partial charge in [-0.2, -0.15) is 0 Å². The van der Waals surface area contributed by atoms with Gasteiger partial charge in [-0.15, -0.1) is 0 Å². The lowest BCUT2D eigenvalue weighted by Crippen LogP contribution is -2.53. The summed E-state index contributed by atoms with van der Waals surface area (Å²) in [5.74, 6) is 0.389. The molecular formula is C15H22N2O3. The molecule has 20 heavy (non-hydrogen) atoms. The van der Waals surface area contributed by atoms with Crippen LogP contribution in [0.25, 0.3) is 0 Å². The first-order valence-corrected chi connectivity index (χ1v) is 6.85. The molecule has 5 heteroatoms. The average Bonchev–Trinajstić information content (AvgIpc) is 2.48. The van der Waals surface area contributed by atoms with Crippen molar-refractivity contribution in [1.82, 2.24) is 0 Å². The van der Waals surface area contributed by atoms with E-state index in [0.717, 1.165) is 18.5 Å². The van der Waals surface area contributed by atoms with E-state index in [-0.39, 0.29) is 12.0 Å². The van der Waals surface area contributed by atoms with E-state index in [1.807, 2.05) is 24.3 Å². The summed E-state index contributed by atoms with van der Waals surface area (Å²) in [7, 11) is 3.31. The molecule has 0 unspecified atom stereocenters. The van der Waals surface area contributed by atoms with E-state index in [1.54, 1.807) is 14.2 Å². The maximum Gasteiger partial charge on any atom is 0.243 e. The smallest absolute Gasteiger partial charge is 0.243 e. The Labute approximate surface area is 119 Å². The van der Waals surface area contributed by atoms with Crippen LogP contribution in [0.2, 0.25) is 0 Å². The molecule has 0 atom stereocenters. The SMILES string of the molecule is COc1ccccc1NC1(C(N)=O)CCC(OC)CC1. The Morgan fingerprint density at radius 3 is 2.50 bits per heavy atom. The molecule has 0 radical (unpaired) electrons. The monoisotopic (exact) mass is 278 g/mol. The van der Waals surface area contributed by atoms with Gasteiger partial charge >= 0.3 is 0 Å². The van der Waals surface area contributed by atoms with E-state index in [1.165, 1.54) is 0 Å². The van der Waals surface area contributed by atoms with Crippen molar-refractivity contribution in [3.8, 4) is 5.75 Å². The van der Waals surface area contributed by atoms with Gasteiger partial charge in [0, 0.05) is 7.11 Å². The summed E-state index contributed by atoms with van der Waals surface area (Å²) in [6.07, 6.45) is 3.18. The highest BCUT2D eigenvalue weighted by Crippen LogP contribution is 2.35. The minimum atomic E-state index is -0.719. The van der Waals surface area contributed by atoms with E-state index >= 15 is 0 Å². The van der Waals surface area contributed by atoms with Crippen molar-refractivity contribution in [3.63, 3.8) is 0 Å². The summed E-state index contributed by atoms with van der Waals surface area (Å²) in [4.78, 5) is 12.0. The highest BCUT2D eigenvalue weighted by molar-refractivity contribution is 5.88. The predicted molar refractivity (Wildman–Crippen MR) is 77.8 cm³/mol. The van der Waals surface area contributed by atoms with Crippen LogP contribution in [-0.2, 0) is 9.53 Å². The zero-order valence-corrected chi connectivity index (χ0v) is 12.0. The molecule has 0 spiro atoms. The third kappa shape index (κ3) is 2.88. The van der Waals surface area contributed by atoms with Crippen LogP contribution in [0, 0.1) is 0 Å². The molecule has 0 aliphatic heterocycles. The Morgan fingerprint density at radius 2 is 1.95 bits per heavy atom. The third-order valence-corrected chi connectivity index (χ3v) is 4.07. The van der Waals surface area contributed by atoms with Crippen LogP contribution < -0.4 is 15.8 Å². The molecule has 1 aliphatic rings. The van der Waals surface area contributed by atoms with Crippen molar-refractivity contribution in [2.24, 2.45) is 5.73 Å². The average molecular weight is 278 g/mol. The second-order valence-electron chi connectivity index (χ2n) is 5.21. The van der Waals surface area contributed by atoms with Crippen molar-refractivity contribution >= 4 is 11.6 Å². The van der Waals surface area contributed by atoms with Gasteiger partial charge in [0.1, 0.15) is 11.3 Å². The molecule has 3 N–H and O–H groups in total. The molecule has 5 nitrogen and oxygen atoms in total. The lowest BCUT2D eigenvalue weighted by molar-refractivity contribution is -0.124. The number of anilines is 1. The Bertz CT molecular complexity index is 468. The number of carbonyl (C=O) groups is 1. The first kappa shape index (κ1) is 14.7. The van der Waals surface area contributed by atoms with Gasteiger partial charge < -0.3 is 20.5 Å². The molecule has 110 valence electrons. The zero-order valence-electron chi connectivity index (χ0n) is 12.0. The number of benzene rings is 1. The molecule has 1 aromatic rings. The summed E-state index contributed by atoms with van der Waals surface area (Å²) in [6.45, 7) is 0. The van der Waals surface area contributed by atoms with Crippen LogP contribution in [0.15, 0.2) is 24.3 Å².